The predicted octanol–water partition coefficient (Wildman–Crippen LogP) is 3.87. The van der Waals surface area contributed by atoms with Crippen LogP contribution in [0.5, 0.6) is 11.5 Å². The number of benzene rings is 2. The van der Waals surface area contributed by atoms with Crippen LogP contribution in [0, 0.1) is 0 Å². The molecular weight excluding hydrogens is 476 g/mol. The molecule has 9 nitrogen and oxygen atoms in total. The summed E-state index contributed by atoms with van der Waals surface area (Å²) in [4.78, 5) is 51.6. The number of rotatable bonds is 11. The fourth-order valence-corrected chi connectivity index (χ4v) is 4.29. The third-order valence-electron chi connectivity index (χ3n) is 6.22. The number of aromatic nitrogens is 1. The zero-order valence-electron chi connectivity index (χ0n) is 20.4. The Bertz CT molecular complexity index is 1350. The first-order valence-electron chi connectivity index (χ1n) is 12.1. The molecule has 1 aliphatic heterocycles. The molecule has 4 rings (SSSR count). The molecule has 0 saturated heterocycles. The van der Waals surface area contributed by atoms with Crippen LogP contribution in [0.4, 0.5) is 0 Å². The van der Waals surface area contributed by atoms with Gasteiger partial charge in [-0.05, 0) is 36.2 Å². The van der Waals surface area contributed by atoms with Crippen molar-refractivity contribution in [3.8, 4) is 11.5 Å². The van der Waals surface area contributed by atoms with Crippen LogP contribution < -0.4 is 20.3 Å². The Morgan fingerprint density at radius 1 is 1.03 bits per heavy atom. The number of nitrogens with zero attached hydrogens (tertiary/aromatic N) is 1. The van der Waals surface area contributed by atoms with E-state index in [2.05, 4.69) is 5.32 Å². The van der Waals surface area contributed by atoms with Gasteiger partial charge in [0.1, 0.15) is 6.04 Å². The molecule has 1 amide bonds. The van der Waals surface area contributed by atoms with Crippen molar-refractivity contribution in [2.75, 3.05) is 6.79 Å². The number of nitrogens with one attached hydrogen (secondary N) is 1. The van der Waals surface area contributed by atoms with Crippen molar-refractivity contribution in [2.45, 2.75) is 44.7 Å². The standard InChI is InChI=1S/C28H28N2O7/c1-2-3-11-22(30-14-7-10-20(28(30)35)26(33)18-8-5-4-6-9-18)27(34)29-21(16-25(31)32)19-12-13-23-24(15-19)37-17-36-23/h4-10,12-15,21-22H,2-3,11,16-17H2,1H3,(H,29,34)(H,31,32)/t21-,22?/m0/s1. The zero-order valence-corrected chi connectivity index (χ0v) is 20.4. The van der Waals surface area contributed by atoms with Crippen molar-refractivity contribution in [3.63, 3.8) is 0 Å². The van der Waals surface area contributed by atoms with Gasteiger partial charge in [0.25, 0.3) is 5.56 Å². The van der Waals surface area contributed by atoms with Crippen molar-refractivity contribution in [1.82, 2.24) is 9.88 Å². The summed E-state index contributed by atoms with van der Waals surface area (Å²) in [5.74, 6) is -1.03. The lowest BCUT2D eigenvalue weighted by Gasteiger charge is -2.24. The highest BCUT2D eigenvalue weighted by Crippen LogP contribution is 2.35. The fourth-order valence-electron chi connectivity index (χ4n) is 4.29. The molecule has 9 heteroatoms. The molecule has 0 saturated carbocycles. The smallest absolute Gasteiger partial charge is 0.305 e. The maximum absolute atomic E-state index is 13.5. The zero-order chi connectivity index (χ0) is 26.4. The van der Waals surface area contributed by atoms with Crippen LogP contribution in [0.2, 0.25) is 0 Å². The number of pyridine rings is 1. The van der Waals surface area contributed by atoms with Crippen molar-refractivity contribution in [2.24, 2.45) is 0 Å². The van der Waals surface area contributed by atoms with E-state index in [0.29, 0.717) is 35.5 Å². The Morgan fingerprint density at radius 2 is 1.78 bits per heavy atom. The van der Waals surface area contributed by atoms with Gasteiger partial charge in [0.05, 0.1) is 18.0 Å². The minimum Gasteiger partial charge on any atom is -0.481 e. The molecule has 1 aliphatic rings. The summed E-state index contributed by atoms with van der Waals surface area (Å²) >= 11 is 0. The molecule has 3 aromatic rings. The summed E-state index contributed by atoms with van der Waals surface area (Å²) in [6.07, 6.45) is 2.88. The first kappa shape index (κ1) is 25.7. The topological polar surface area (TPSA) is 124 Å². The van der Waals surface area contributed by atoms with Gasteiger partial charge in [-0.2, -0.15) is 0 Å². The van der Waals surface area contributed by atoms with Crippen LogP contribution >= 0.6 is 0 Å². The minimum atomic E-state index is -1.10. The predicted molar refractivity (Wildman–Crippen MR) is 135 cm³/mol. The normalized spacial score (nSPS) is 13.5. The fraction of sp³-hybridized carbons (Fsp3) is 0.286. The van der Waals surface area contributed by atoms with E-state index in [-0.39, 0.29) is 18.8 Å². The molecule has 192 valence electrons. The van der Waals surface area contributed by atoms with Crippen molar-refractivity contribution in [3.05, 3.63) is 93.9 Å². The van der Waals surface area contributed by atoms with E-state index in [0.717, 1.165) is 6.42 Å². The van der Waals surface area contributed by atoms with Crippen molar-refractivity contribution in [1.29, 1.82) is 0 Å². The molecule has 2 N–H and O–H groups in total. The van der Waals surface area contributed by atoms with Gasteiger partial charge in [0.15, 0.2) is 17.3 Å². The molecule has 2 atom stereocenters. The van der Waals surface area contributed by atoms with E-state index < -0.39 is 35.3 Å². The van der Waals surface area contributed by atoms with Crippen molar-refractivity contribution >= 4 is 17.7 Å². The van der Waals surface area contributed by atoms with Gasteiger partial charge >= 0.3 is 5.97 Å². The molecule has 2 heterocycles. The number of ether oxygens (including phenoxy) is 2. The monoisotopic (exact) mass is 504 g/mol. The van der Waals surface area contributed by atoms with Gasteiger partial charge < -0.3 is 24.5 Å². The van der Waals surface area contributed by atoms with Crippen LogP contribution in [-0.4, -0.2) is 34.1 Å². The Hall–Kier alpha value is -4.40. The highest BCUT2D eigenvalue weighted by molar-refractivity contribution is 6.08. The summed E-state index contributed by atoms with van der Waals surface area (Å²) in [6.45, 7) is 2.03. The highest BCUT2D eigenvalue weighted by atomic mass is 16.7. The maximum atomic E-state index is 13.5. The molecule has 0 fully saturated rings. The maximum Gasteiger partial charge on any atom is 0.305 e. The average Bonchev–Trinajstić information content (AvgIpc) is 3.37. The Kier molecular flexibility index (Phi) is 8.02. The van der Waals surface area contributed by atoms with Crippen LogP contribution in [0.3, 0.4) is 0 Å². The second-order valence-corrected chi connectivity index (χ2v) is 8.76. The highest BCUT2D eigenvalue weighted by Gasteiger charge is 2.28. The molecule has 0 bridgehead atoms. The number of fused-ring (bicyclic) bond motifs is 1. The number of amides is 1. The average molecular weight is 505 g/mol. The van der Waals surface area contributed by atoms with E-state index in [9.17, 15) is 24.3 Å². The first-order chi connectivity index (χ1) is 17.9. The van der Waals surface area contributed by atoms with E-state index in [1.165, 1.54) is 16.8 Å². The molecule has 0 spiro atoms. The first-order valence-corrected chi connectivity index (χ1v) is 12.1. The number of hydrogen-bond donors (Lipinski definition) is 2. The molecule has 0 aliphatic carbocycles. The summed E-state index contributed by atoms with van der Waals surface area (Å²) in [5, 5.41) is 12.3. The lowest BCUT2D eigenvalue weighted by Crippen LogP contribution is -2.40. The number of carboxylic acid groups (broad SMARTS) is 1. The second-order valence-electron chi connectivity index (χ2n) is 8.76. The molecule has 2 aromatic carbocycles. The summed E-state index contributed by atoms with van der Waals surface area (Å²) in [5.41, 5.74) is 0.289. The number of carboxylic acids is 1. The molecule has 0 radical (unpaired) electrons. The van der Waals surface area contributed by atoms with Gasteiger partial charge in [-0.15, -0.1) is 0 Å². The minimum absolute atomic E-state index is 0.0409. The number of ketones is 1. The third-order valence-corrected chi connectivity index (χ3v) is 6.22. The van der Waals surface area contributed by atoms with Gasteiger partial charge in [-0.1, -0.05) is 56.2 Å². The Balaban J connectivity index is 1.65. The number of carbonyl (C=O) groups excluding carboxylic acids is 2. The molecule has 1 unspecified atom stereocenters. The Morgan fingerprint density at radius 3 is 2.51 bits per heavy atom. The van der Waals surface area contributed by atoms with Crippen LogP contribution in [0.15, 0.2) is 71.7 Å². The summed E-state index contributed by atoms with van der Waals surface area (Å²) in [7, 11) is 0. The van der Waals surface area contributed by atoms with E-state index in [1.807, 2.05) is 6.92 Å². The van der Waals surface area contributed by atoms with E-state index >= 15 is 0 Å². The molecular formula is C28H28N2O7. The summed E-state index contributed by atoms with van der Waals surface area (Å²) in [6, 6.07) is 14.7. The van der Waals surface area contributed by atoms with Gasteiger partial charge in [0, 0.05) is 11.8 Å². The van der Waals surface area contributed by atoms with Gasteiger partial charge in [-0.25, -0.2) is 0 Å². The van der Waals surface area contributed by atoms with E-state index in [4.69, 9.17) is 9.47 Å². The van der Waals surface area contributed by atoms with Gasteiger partial charge in [-0.3, -0.25) is 19.2 Å². The quantitative estimate of drug-likeness (QED) is 0.380. The molecule has 1 aromatic heterocycles. The number of unbranched alkanes of at least 4 members (excludes halogenated alkanes) is 1. The lowest BCUT2D eigenvalue weighted by molar-refractivity contribution is -0.138. The molecule has 37 heavy (non-hydrogen) atoms. The summed E-state index contributed by atoms with van der Waals surface area (Å²) < 4.78 is 12.0. The second kappa shape index (κ2) is 11.6. The lowest BCUT2D eigenvalue weighted by atomic mass is 10.0. The number of aliphatic carboxylic acids is 1. The third kappa shape index (κ3) is 5.88. The Labute approximate surface area is 213 Å². The van der Waals surface area contributed by atoms with Crippen molar-refractivity contribution < 1.29 is 29.0 Å². The number of carbonyl (C=O) groups is 3. The van der Waals surface area contributed by atoms with E-state index in [1.54, 1.807) is 54.6 Å². The largest absolute Gasteiger partial charge is 0.481 e. The van der Waals surface area contributed by atoms with Crippen LogP contribution in [0.1, 0.15) is 66.2 Å². The van der Waals surface area contributed by atoms with Gasteiger partial charge in [0.2, 0.25) is 12.7 Å². The van der Waals surface area contributed by atoms with Crippen LogP contribution in [-0.2, 0) is 9.59 Å². The van der Waals surface area contributed by atoms with Crippen LogP contribution in [0.25, 0.3) is 0 Å². The number of hydrogen-bond acceptors (Lipinski definition) is 6. The SMILES string of the molecule is CCCCC(C(=O)N[C@@H](CC(=O)O)c1ccc2c(c1)OCO2)n1cccc(C(=O)c2ccccc2)c1=O.